The highest BCUT2D eigenvalue weighted by molar-refractivity contribution is 5.98. The van der Waals surface area contributed by atoms with Crippen LogP contribution in [0.4, 0.5) is 24.5 Å². The number of carboxylic acids is 2. The first-order chi connectivity index (χ1) is 52.1. The van der Waals surface area contributed by atoms with Crippen LogP contribution in [-0.2, 0) is 71.8 Å². The van der Waals surface area contributed by atoms with E-state index in [2.05, 4.69) is 35.2 Å². The number of nitrogens with two attached hydrogens (primary N) is 1. The average Bonchev–Trinajstić information content (AvgIpc) is 1.60. The van der Waals surface area contributed by atoms with E-state index in [0.717, 1.165) is 79.7 Å². The minimum atomic E-state index is -1.22. The standard InChI is InChI=1S/C19H26N2O4.C18H25N3O4.C15H20FNO3.C14H18FNO3.C9H9FO2.C6H13NO2.2ClH/c1-3-24-17(22)13-25-16-9-7-15(8-10-16)21-14-20(2)18(23)19(21)11-5-4-6-12-19;1-3-24-16(22)12-25-15-6-4-14(5-7-15)21-13-20(2)17(23)18(21)8-10-19-11-9-18;1-5-10-6-7-12(16)11(8-10)14(18)17-13(9(2)3)15(19)20-4;1-4-9-5-6-11(15)10(7-9)13(17)16-12(8(2)3)14(18)19;1-2-6-3-4-8(10)7(5-6)9(11)12;1-4(2)5(7)6(8)9-3;;/h7-10H,3-6,11-14H2,1-2H3;4-7,19H,3,8-13H2,1-2H3;6-9,13H,5H2,1-4H3,(H,17,18);5-8,12H,4H2,1-3H3,(H,16,17)(H,18,19);3-5H,2H2,1H3,(H,11,12);4-5H,7H2,1-3H3;2*1H/t;;13-;12-;;5-;;/m..11.1../s1. The van der Waals surface area contributed by atoms with Crippen LogP contribution < -0.4 is 41.0 Å². The Morgan fingerprint density at radius 3 is 1.19 bits per heavy atom. The maximum Gasteiger partial charge on any atom is 0.344 e. The van der Waals surface area contributed by atoms with Crippen LogP contribution in [0.3, 0.4) is 0 Å². The van der Waals surface area contributed by atoms with Gasteiger partial charge in [0.05, 0.1) is 57.5 Å². The lowest BCUT2D eigenvalue weighted by Crippen LogP contribution is -2.55. The second-order valence-electron chi connectivity index (χ2n) is 27.5. The van der Waals surface area contributed by atoms with Crippen molar-refractivity contribution in [1.82, 2.24) is 25.8 Å². The third-order valence-electron chi connectivity index (χ3n) is 18.8. The number of esters is 4. The topological polar surface area (TPSA) is 342 Å². The molecule has 3 saturated heterocycles. The first-order valence-corrected chi connectivity index (χ1v) is 37.0. The van der Waals surface area contributed by atoms with Crippen molar-refractivity contribution in [2.24, 2.45) is 23.5 Å². The zero-order chi connectivity index (χ0) is 82.2. The zero-order valence-corrected chi connectivity index (χ0v) is 68.4. The summed E-state index contributed by atoms with van der Waals surface area (Å²) in [6.45, 7) is 23.3. The number of amides is 4. The van der Waals surface area contributed by atoms with Crippen molar-refractivity contribution in [3.8, 4) is 11.5 Å². The van der Waals surface area contributed by atoms with Gasteiger partial charge in [0, 0.05) is 25.5 Å². The predicted octanol–water partition coefficient (Wildman–Crippen LogP) is 11.2. The van der Waals surface area contributed by atoms with Gasteiger partial charge in [-0.1, -0.05) is 99.8 Å². The molecule has 0 aromatic heterocycles. The SMILES string of the molecule is CCOC(=O)COc1ccc(N2CN(C)C(=O)C23CCCCC3)cc1.CCOC(=O)COc1ccc(N2CN(C)C(=O)C23CCNCC3)cc1.CCc1ccc(F)c(C(=O)N[C@@H](C(=O)O)C(C)C)c1.CCc1ccc(F)c(C(=O)N[C@@H](C(=O)OC)C(C)C)c1.CCc1ccc(F)c(C(=O)O)c1.COC(=O)[C@H](N)C(C)C.Cl.Cl. The number of rotatable bonds is 24. The monoisotopic (exact) mass is 1610 g/mol. The molecule has 112 heavy (non-hydrogen) atoms. The second-order valence-corrected chi connectivity index (χ2v) is 27.5. The van der Waals surface area contributed by atoms with Gasteiger partial charge in [-0.25, -0.2) is 37.1 Å². The molecule has 9 rings (SSSR count). The Hall–Kier alpha value is -9.71. The van der Waals surface area contributed by atoms with E-state index in [1.54, 1.807) is 64.6 Å². The molecule has 4 aliphatic rings. The first-order valence-electron chi connectivity index (χ1n) is 37.0. The van der Waals surface area contributed by atoms with Crippen molar-refractivity contribution >= 4 is 95.6 Å². The number of hydrogen-bond acceptors (Lipinski definition) is 20. The molecule has 5 aromatic carbocycles. The molecular formula is C81H113Cl2F3N8O18. The van der Waals surface area contributed by atoms with Crippen molar-refractivity contribution < 1.29 is 99.8 Å². The van der Waals surface area contributed by atoms with Crippen molar-refractivity contribution in [3.63, 3.8) is 0 Å². The maximum atomic E-state index is 13.7. The Balaban J connectivity index is 0.000000467. The van der Waals surface area contributed by atoms with Crippen LogP contribution in [0.2, 0.25) is 0 Å². The number of halogens is 5. The fraction of sp³-hybridized carbons (Fsp3) is 0.506. The molecular weight excluding hydrogens is 1500 g/mol. The van der Waals surface area contributed by atoms with Crippen LogP contribution in [0.25, 0.3) is 0 Å². The van der Waals surface area contributed by atoms with Crippen molar-refractivity contribution in [1.29, 1.82) is 0 Å². The number of aromatic carboxylic acids is 1. The van der Waals surface area contributed by atoms with Crippen molar-refractivity contribution in [2.45, 2.75) is 170 Å². The Bertz CT molecular complexity index is 3770. The third-order valence-corrected chi connectivity index (χ3v) is 18.8. The van der Waals surface area contributed by atoms with E-state index in [9.17, 15) is 61.1 Å². The number of aliphatic carboxylic acids is 1. The van der Waals surface area contributed by atoms with E-state index < -0.39 is 70.8 Å². The molecule has 3 aliphatic heterocycles. The number of piperidine rings is 1. The number of carboxylic acid groups (broad SMARTS) is 2. The van der Waals surface area contributed by atoms with Gasteiger partial charge >= 0.3 is 35.8 Å². The Morgan fingerprint density at radius 2 is 0.866 bits per heavy atom. The summed E-state index contributed by atoms with van der Waals surface area (Å²) in [5.74, 6) is -5.87. The number of aryl methyl sites for hydroxylation is 3. The van der Waals surface area contributed by atoms with Gasteiger partial charge < -0.3 is 79.9 Å². The lowest BCUT2D eigenvalue weighted by atomic mass is 9.80. The highest BCUT2D eigenvalue weighted by Crippen LogP contribution is 2.43. The first kappa shape index (κ1) is 98.4. The van der Waals surface area contributed by atoms with E-state index in [1.807, 2.05) is 102 Å². The van der Waals surface area contributed by atoms with Crippen LogP contribution >= 0.6 is 24.8 Å². The number of nitrogens with one attached hydrogen (secondary N) is 3. The molecule has 3 heterocycles. The van der Waals surface area contributed by atoms with Gasteiger partial charge in [0.2, 0.25) is 11.8 Å². The summed E-state index contributed by atoms with van der Waals surface area (Å²) in [6, 6.07) is 25.6. The number of nitrogens with zero attached hydrogens (tertiary/aromatic N) is 4. The summed E-state index contributed by atoms with van der Waals surface area (Å²) in [5.41, 5.74) is 8.64. The van der Waals surface area contributed by atoms with Gasteiger partial charge in [-0.15, -0.1) is 24.8 Å². The van der Waals surface area contributed by atoms with E-state index >= 15 is 0 Å². The van der Waals surface area contributed by atoms with E-state index in [4.69, 9.17) is 34.9 Å². The van der Waals surface area contributed by atoms with Gasteiger partial charge in [0.1, 0.15) is 58.2 Å². The summed E-state index contributed by atoms with van der Waals surface area (Å²) in [6.07, 6.45) is 8.91. The summed E-state index contributed by atoms with van der Waals surface area (Å²) < 4.78 is 69.7. The normalized spacial score (nSPS) is 15.0. The predicted molar refractivity (Wildman–Crippen MR) is 423 cm³/mol. The molecule has 7 N–H and O–H groups in total. The van der Waals surface area contributed by atoms with Gasteiger partial charge in [-0.05, 0) is 191 Å². The summed E-state index contributed by atoms with van der Waals surface area (Å²) in [7, 11) is 6.31. The molecule has 0 unspecified atom stereocenters. The highest BCUT2D eigenvalue weighted by Gasteiger charge is 2.53. The van der Waals surface area contributed by atoms with Gasteiger partial charge in [-0.2, -0.15) is 0 Å². The minimum absolute atomic E-state index is 0. The van der Waals surface area contributed by atoms with E-state index in [-0.39, 0.29) is 108 Å². The molecule has 31 heteroatoms. The number of methoxy groups -OCH3 is 2. The van der Waals surface area contributed by atoms with Gasteiger partial charge in [0.15, 0.2) is 13.2 Å². The quantitative estimate of drug-likeness (QED) is 0.0247. The molecule has 4 fully saturated rings. The number of benzene rings is 5. The number of carbonyl (C=O) groups excluding carboxylic acids is 8. The fourth-order valence-corrected chi connectivity index (χ4v) is 12.4. The number of likely N-dealkylation sites (N-methyl/N-ethyl adjacent to an activating group) is 2. The summed E-state index contributed by atoms with van der Waals surface area (Å²) in [4.78, 5) is 124. The number of anilines is 2. The van der Waals surface area contributed by atoms with Crippen LogP contribution in [-0.4, -0.2) is 190 Å². The molecule has 5 aromatic rings. The van der Waals surface area contributed by atoms with Gasteiger partial charge in [-0.3, -0.25) is 24.0 Å². The smallest absolute Gasteiger partial charge is 0.344 e. The summed E-state index contributed by atoms with van der Waals surface area (Å²) >= 11 is 0. The zero-order valence-electron chi connectivity index (χ0n) is 66.7. The Kier molecular flexibility index (Phi) is 42.4. The highest BCUT2D eigenvalue weighted by atomic mass is 35.5. The number of hydrogen-bond donors (Lipinski definition) is 6. The summed E-state index contributed by atoms with van der Waals surface area (Å²) in [5, 5.41) is 25.7. The number of carbonyl (C=O) groups is 10. The van der Waals surface area contributed by atoms with Crippen molar-refractivity contribution in [2.75, 3.05) is 91.0 Å². The molecule has 3 atom stereocenters. The lowest BCUT2D eigenvalue weighted by Gasteiger charge is -2.40. The molecule has 0 bridgehead atoms. The molecule has 1 aliphatic carbocycles. The molecule has 0 radical (unpaired) electrons. The Labute approximate surface area is 667 Å². The van der Waals surface area contributed by atoms with Gasteiger partial charge in [0.25, 0.3) is 11.8 Å². The minimum Gasteiger partial charge on any atom is -0.482 e. The molecule has 1 saturated carbocycles. The fourth-order valence-electron chi connectivity index (χ4n) is 12.4. The van der Waals surface area contributed by atoms with E-state index in [1.165, 1.54) is 57.0 Å². The molecule has 620 valence electrons. The Morgan fingerprint density at radius 1 is 0.509 bits per heavy atom. The van der Waals surface area contributed by atoms with Crippen LogP contribution in [0, 0.1) is 35.2 Å². The third kappa shape index (κ3) is 28.2. The largest absolute Gasteiger partial charge is 0.482 e. The maximum absolute atomic E-state index is 13.7. The van der Waals surface area contributed by atoms with Crippen LogP contribution in [0.15, 0.2) is 103 Å². The second kappa shape index (κ2) is 48.3. The molecule has 4 amide bonds. The van der Waals surface area contributed by atoms with Crippen molar-refractivity contribution in [3.05, 3.63) is 154 Å². The average molecular weight is 1610 g/mol. The lowest BCUT2D eigenvalue weighted by molar-refractivity contribution is -0.146. The van der Waals surface area contributed by atoms with Crippen LogP contribution in [0.1, 0.15) is 169 Å². The van der Waals surface area contributed by atoms with E-state index in [0.29, 0.717) is 57.3 Å². The molecule has 26 nitrogen and oxygen atoms in total. The molecule has 2 spiro atoms. The number of ether oxygens (including phenoxy) is 6. The van der Waals surface area contributed by atoms with Crippen LogP contribution in [0.5, 0.6) is 11.5 Å².